The van der Waals surface area contributed by atoms with Gasteiger partial charge >= 0.3 is 11.9 Å². The van der Waals surface area contributed by atoms with Crippen LogP contribution in [-0.4, -0.2) is 82.4 Å². The van der Waals surface area contributed by atoms with Crippen LogP contribution < -0.4 is 20.6 Å². The van der Waals surface area contributed by atoms with Gasteiger partial charge in [-0.05, 0) is 63.5 Å². The molecule has 6 aromatic heterocycles. The molecule has 0 aliphatic heterocycles. The smallest absolute Gasteiger partial charge is 0.327 e. The number of benzene rings is 2. The number of aromatic amines is 1. The molecule has 16 nitrogen and oxygen atoms in total. The topological polar surface area (TPSA) is 186 Å². The minimum atomic E-state index is -0.505. The minimum Gasteiger partial charge on any atom is -0.490 e. The van der Waals surface area contributed by atoms with E-state index in [0.29, 0.717) is 93.5 Å². The Kier molecular flexibility index (Phi) is 15.2. The molecule has 348 valence electrons. The van der Waals surface area contributed by atoms with Gasteiger partial charge in [-0.25, -0.2) is 19.7 Å². The Balaban J connectivity index is 0.000000161. The predicted octanol–water partition coefficient (Wildman–Crippen LogP) is 8.19. The van der Waals surface area contributed by atoms with Gasteiger partial charge in [0.2, 0.25) is 0 Å². The van der Waals surface area contributed by atoms with Crippen LogP contribution in [-0.2, 0) is 38.4 Å². The van der Waals surface area contributed by atoms with Crippen molar-refractivity contribution in [2.75, 3.05) is 31.8 Å². The van der Waals surface area contributed by atoms with Crippen molar-refractivity contribution < 1.29 is 28.5 Å². The number of halogens is 3. The highest BCUT2D eigenvalue weighted by atomic mass is 79.9. The first kappa shape index (κ1) is 47.2. The third-order valence-electron chi connectivity index (χ3n) is 10.9. The highest BCUT2D eigenvalue weighted by Gasteiger charge is 2.24. The number of pyridine rings is 2. The van der Waals surface area contributed by atoms with Crippen molar-refractivity contribution in [1.82, 2.24) is 38.7 Å². The van der Waals surface area contributed by atoms with E-state index in [2.05, 4.69) is 45.9 Å². The first-order valence-electron chi connectivity index (χ1n) is 21.9. The van der Waals surface area contributed by atoms with Crippen LogP contribution in [0.15, 0.2) is 95.0 Å². The highest BCUT2D eigenvalue weighted by molar-refractivity contribution is 9.09. The Morgan fingerprint density at radius 3 is 1.70 bits per heavy atom. The summed E-state index contributed by atoms with van der Waals surface area (Å²) in [4.78, 5) is 56.2. The van der Waals surface area contributed by atoms with E-state index >= 15 is 0 Å². The number of aromatic nitrogens is 8. The fraction of sp³-hybridized carbons (Fsp3) is 0.333. The van der Waals surface area contributed by atoms with Crippen LogP contribution in [0.25, 0.3) is 32.8 Å². The molecule has 6 heterocycles. The SMILES string of the molecule is CCOC(=O)CBr.CCOC(=O)Cn1nc(Cc2cn3cc(OCC4CC4)c(Cl)cc3n2)c2ccccc2c1=O.O=c1[nH]nc(Cc2cn3cc(OCC4CC4)c(Cl)cc3n2)c2ccccc12. The molecule has 0 bridgehead atoms. The standard InChI is InChI=1S/C24H23ClN4O4.C20H17ClN4O2.C4H7BrO2/c1-2-32-23(30)13-29-24(31)18-6-4-3-5-17(18)20(27-29)9-16-11-28-12-21(33-14-15-7-8-15)19(25)10-22(28)26-16;21-16-8-19-22-13(9-25(19)10-18(16)27-11-12-5-6-12)7-17-14-3-1-2-4-15(14)20(26)24-23-17;1-2-7-4(6)3-5/h3-6,10-12,15H,2,7-9,13-14H2,1H3;1-4,8-10,12H,5-7,11H2,(H,24,26);2-3H2,1H3. The number of carbonyl (C=O) groups excluding carboxylic acids is 2. The van der Waals surface area contributed by atoms with E-state index in [1.807, 2.05) is 70.0 Å². The van der Waals surface area contributed by atoms with E-state index in [0.717, 1.165) is 38.2 Å². The molecule has 0 spiro atoms. The molecule has 1 N–H and O–H groups in total. The molecule has 0 saturated heterocycles. The van der Waals surface area contributed by atoms with Crippen molar-refractivity contribution in [3.8, 4) is 11.5 Å². The predicted molar refractivity (Wildman–Crippen MR) is 258 cm³/mol. The largest absolute Gasteiger partial charge is 0.490 e. The van der Waals surface area contributed by atoms with E-state index in [9.17, 15) is 19.2 Å². The maximum Gasteiger partial charge on any atom is 0.327 e. The summed E-state index contributed by atoms with van der Waals surface area (Å²) in [7, 11) is 0. The molecule has 8 aromatic rings. The summed E-state index contributed by atoms with van der Waals surface area (Å²) in [5.74, 6) is 1.88. The van der Waals surface area contributed by atoms with Crippen molar-refractivity contribution in [1.29, 1.82) is 0 Å². The number of alkyl halides is 1. The fourth-order valence-corrected chi connectivity index (χ4v) is 7.74. The number of rotatable bonds is 15. The maximum atomic E-state index is 12.8. The van der Waals surface area contributed by atoms with Crippen molar-refractivity contribution in [3.63, 3.8) is 0 Å². The first-order valence-corrected chi connectivity index (χ1v) is 23.8. The van der Waals surface area contributed by atoms with E-state index in [4.69, 9.17) is 37.4 Å². The molecular formula is C48H47BrCl2N8O8. The Morgan fingerprint density at radius 1 is 0.701 bits per heavy atom. The summed E-state index contributed by atoms with van der Waals surface area (Å²) < 4.78 is 26.1. The zero-order valence-corrected chi connectivity index (χ0v) is 39.9. The molecule has 0 radical (unpaired) electrons. The number of hydrogen-bond donors (Lipinski definition) is 1. The number of nitrogens with zero attached hydrogens (tertiary/aromatic N) is 7. The zero-order chi connectivity index (χ0) is 47.0. The summed E-state index contributed by atoms with van der Waals surface area (Å²) in [6, 6.07) is 18.3. The molecule has 2 aliphatic carbocycles. The van der Waals surface area contributed by atoms with Gasteiger partial charge in [-0.3, -0.25) is 19.2 Å². The molecule has 10 rings (SSSR count). The van der Waals surface area contributed by atoms with Gasteiger partial charge in [-0.15, -0.1) is 0 Å². The Hall–Kier alpha value is -6.30. The molecule has 0 unspecified atom stereocenters. The minimum absolute atomic E-state index is 0.186. The lowest BCUT2D eigenvalue weighted by atomic mass is 10.1. The Labute approximate surface area is 402 Å². The van der Waals surface area contributed by atoms with Crippen molar-refractivity contribution in [2.45, 2.75) is 58.9 Å². The summed E-state index contributed by atoms with van der Waals surface area (Å²) in [6.07, 6.45) is 13.3. The number of hydrogen-bond acceptors (Lipinski definition) is 12. The van der Waals surface area contributed by atoms with Gasteiger partial charge < -0.3 is 27.7 Å². The van der Waals surface area contributed by atoms with Crippen LogP contribution in [0.4, 0.5) is 0 Å². The molecule has 2 aliphatic rings. The summed E-state index contributed by atoms with van der Waals surface area (Å²) in [6.45, 7) is 5.34. The van der Waals surface area contributed by atoms with Gasteiger partial charge in [0.05, 0.1) is 82.4 Å². The number of H-pyrrole nitrogens is 1. The van der Waals surface area contributed by atoms with Crippen LogP contribution in [0, 0.1) is 11.8 Å². The Bertz CT molecular complexity index is 3200. The number of fused-ring (bicyclic) bond motifs is 4. The molecule has 2 fully saturated rings. The molecule has 2 saturated carbocycles. The second-order valence-corrected chi connectivity index (χ2v) is 17.4. The second-order valence-electron chi connectivity index (χ2n) is 16.1. The van der Waals surface area contributed by atoms with Gasteiger partial charge in [0, 0.05) is 48.1 Å². The van der Waals surface area contributed by atoms with Crippen molar-refractivity contribution >= 4 is 83.9 Å². The molecule has 2 aromatic carbocycles. The van der Waals surface area contributed by atoms with Gasteiger partial charge in [-0.1, -0.05) is 75.5 Å². The van der Waals surface area contributed by atoms with E-state index in [1.165, 1.54) is 25.7 Å². The van der Waals surface area contributed by atoms with Gasteiger partial charge in [-0.2, -0.15) is 10.2 Å². The van der Waals surface area contributed by atoms with Crippen LogP contribution >= 0.6 is 39.1 Å². The lowest BCUT2D eigenvalue weighted by Crippen LogP contribution is -2.29. The number of carbonyl (C=O) groups is 2. The third kappa shape index (κ3) is 12.0. The molecule has 0 amide bonds. The van der Waals surface area contributed by atoms with Crippen LogP contribution in [0.1, 0.15) is 62.3 Å². The number of ether oxygens (including phenoxy) is 4. The monoisotopic (exact) mass is 1010 g/mol. The average Bonchev–Trinajstić information content (AvgIpc) is 4.26. The second kappa shape index (κ2) is 21.6. The van der Waals surface area contributed by atoms with E-state index in [1.54, 1.807) is 38.1 Å². The molecule has 19 heteroatoms. The molecule has 0 atom stereocenters. The van der Waals surface area contributed by atoms with Gasteiger partial charge in [0.25, 0.3) is 11.1 Å². The average molecular weight is 1010 g/mol. The first-order chi connectivity index (χ1) is 32.5. The van der Waals surface area contributed by atoms with Crippen LogP contribution in [0.3, 0.4) is 0 Å². The summed E-state index contributed by atoms with van der Waals surface area (Å²) in [5, 5.41) is 15.3. The maximum absolute atomic E-state index is 12.8. The lowest BCUT2D eigenvalue weighted by Gasteiger charge is -2.10. The summed E-state index contributed by atoms with van der Waals surface area (Å²) in [5.41, 5.74) is 3.95. The molecular weight excluding hydrogens is 967 g/mol. The third-order valence-corrected chi connectivity index (χ3v) is 11.9. The number of nitrogens with one attached hydrogen (secondary N) is 1. The number of imidazole rings is 2. The quantitative estimate of drug-likeness (QED) is 0.0768. The number of esters is 2. The highest BCUT2D eigenvalue weighted by Crippen LogP contribution is 2.34. The summed E-state index contributed by atoms with van der Waals surface area (Å²) >= 11 is 15.7. The fourth-order valence-electron chi connectivity index (χ4n) is 7.17. The van der Waals surface area contributed by atoms with E-state index in [-0.39, 0.29) is 30.2 Å². The van der Waals surface area contributed by atoms with Crippen molar-refractivity contribution in [3.05, 3.63) is 139 Å². The zero-order valence-electron chi connectivity index (χ0n) is 36.8. The van der Waals surface area contributed by atoms with Gasteiger partial charge in [0.15, 0.2) is 11.5 Å². The van der Waals surface area contributed by atoms with Gasteiger partial charge in [0.1, 0.15) is 23.2 Å². The van der Waals surface area contributed by atoms with Crippen LogP contribution in [0.2, 0.25) is 10.0 Å². The van der Waals surface area contributed by atoms with Crippen LogP contribution in [0.5, 0.6) is 11.5 Å². The van der Waals surface area contributed by atoms with E-state index < -0.39 is 5.97 Å². The van der Waals surface area contributed by atoms with Crippen molar-refractivity contribution in [2.24, 2.45) is 11.8 Å². The normalized spacial score (nSPS) is 13.2. The Morgan fingerprint density at radius 2 is 1.19 bits per heavy atom. The lowest BCUT2D eigenvalue weighted by molar-refractivity contribution is -0.144. The molecule has 67 heavy (non-hydrogen) atoms.